The number of allylic oxidation sites excluding steroid dienone is 20. The Balaban J connectivity index is 4.35. The predicted octanol–water partition coefficient (Wildman–Crippen LogP) is 17.7. The smallest absolute Gasteiger partial charge is 0.306 e. The maximum Gasteiger partial charge on any atom is 0.306 e. The summed E-state index contributed by atoms with van der Waals surface area (Å²) in [4.78, 5) is 37.9. The van der Waals surface area contributed by atoms with E-state index < -0.39 is 6.10 Å². The fourth-order valence-electron chi connectivity index (χ4n) is 6.75. The molecule has 372 valence electrons. The molecule has 0 amide bonds. The van der Waals surface area contributed by atoms with E-state index in [4.69, 9.17) is 14.2 Å². The van der Waals surface area contributed by atoms with Crippen molar-refractivity contribution in [3.8, 4) is 0 Å². The molecule has 0 aromatic rings. The number of esters is 3. The first-order valence-electron chi connectivity index (χ1n) is 26.5. The van der Waals surface area contributed by atoms with E-state index in [1.165, 1.54) is 25.7 Å². The lowest BCUT2D eigenvalue weighted by Crippen LogP contribution is -2.30. The Bertz CT molecular complexity index is 1420. The van der Waals surface area contributed by atoms with Crippen molar-refractivity contribution in [3.63, 3.8) is 0 Å². The SMILES string of the molecule is CC/C=C\C/C=C\C/C=C\C/C=C\C/C=C\C/C=C\CCCCCCCCC(=O)OCC(COC(=O)CCCCCCC/C=C\CCC)OC(=O)CCCCC/C=C\C/C=C\C/C=C\CC. The lowest BCUT2D eigenvalue weighted by atomic mass is 10.1. The number of hydrogen-bond acceptors (Lipinski definition) is 6. The molecule has 1 atom stereocenters. The number of hydrogen-bond donors (Lipinski definition) is 0. The van der Waals surface area contributed by atoms with Crippen LogP contribution in [0.25, 0.3) is 0 Å². The summed E-state index contributed by atoms with van der Waals surface area (Å²) < 4.78 is 16.7. The molecule has 1 unspecified atom stereocenters. The molecule has 0 aliphatic heterocycles. The Kier molecular flexibility index (Phi) is 50.0. The van der Waals surface area contributed by atoms with Gasteiger partial charge in [0.25, 0.3) is 0 Å². The van der Waals surface area contributed by atoms with Gasteiger partial charge < -0.3 is 14.2 Å². The first-order chi connectivity index (χ1) is 32.5. The van der Waals surface area contributed by atoms with Crippen LogP contribution in [-0.2, 0) is 28.6 Å². The maximum absolute atomic E-state index is 12.8. The zero-order valence-corrected chi connectivity index (χ0v) is 42.4. The minimum Gasteiger partial charge on any atom is -0.462 e. The molecular formula is C60H96O6. The zero-order chi connectivity index (χ0) is 47.9. The van der Waals surface area contributed by atoms with Gasteiger partial charge in [0.1, 0.15) is 13.2 Å². The molecule has 6 heteroatoms. The second kappa shape index (κ2) is 53.4. The van der Waals surface area contributed by atoms with Crippen LogP contribution in [0.5, 0.6) is 0 Å². The van der Waals surface area contributed by atoms with Gasteiger partial charge in [0.2, 0.25) is 0 Å². The van der Waals surface area contributed by atoms with Crippen LogP contribution in [0.1, 0.15) is 220 Å². The largest absolute Gasteiger partial charge is 0.462 e. The maximum atomic E-state index is 12.8. The monoisotopic (exact) mass is 913 g/mol. The highest BCUT2D eigenvalue weighted by molar-refractivity contribution is 5.71. The topological polar surface area (TPSA) is 78.9 Å². The van der Waals surface area contributed by atoms with Crippen LogP contribution in [0.15, 0.2) is 122 Å². The molecule has 0 fully saturated rings. The summed E-state index contributed by atoms with van der Waals surface area (Å²) in [6, 6.07) is 0. The minimum absolute atomic E-state index is 0.103. The van der Waals surface area contributed by atoms with Gasteiger partial charge in [-0.15, -0.1) is 0 Å². The van der Waals surface area contributed by atoms with Crippen LogP contribution in [0.2, 0.25) is 0 Å². The molecule has 0 aliphatic rings. The summed E-state index contributed by atoms with van der Waals surface area (Å²) in [5, 5.41) is 0. The molecule has 0 saturated heterocycles. The van der Waals surface area contributed by atoms with Crippen molar-refractivity contribution >= 4 is 17.9 Å². The van der Waals surface area contributed by atoms with Crippen LogP contribution in [-0.4, -0.2) is 37.2 Å². The van der Waals surface area contributed by atoms with E-state index in [1.54, 1.807) is 0 Å². The van der Waals surface area contributed by atoms with E-state index in [0.717, 1.165) is 154 Å². The van der Waals surface area contributed by atoms with Crippen LogP contribution >= 0.6 is 0 Å². The van der Waals surface area contributed by atoms with Crippen molar-refractivity contribution in [3.05, 3.63) is 122 Å². The Morgan fingerprint density at radius 1 is 0.318 bits per heavy atom. The van der Waals surface area contributed by atoms with E-state index in [2.05, 4.69) is 142 Å². The van der Waals surface area contributed by atoms with Crippen LogP contribution < -0.4 is 0 Å². The Labute approximate surface area is 405 Å². The summed E-state index contributed by atoms with van der Waals surface area (Å²) in [6.07, 6.45) is 73.4. The molecule has 0 aliphatic carbocycles. The highest BCUT2D eigenvalue weighted by atomic mass is 16.6. The summed E-state index contributed by atoms with van der Waals surface area (Å²) in [5.41, 5.74) is 0. The van der Waals surface area contributed by atoms with Gasteiger partial charge in [-0.1, -0.05) is 200 Å². The Morgan fingerprint density at radius 2 is 0.591 bits per heavy atom. The lowest BCUT2D eigenvalue weighted by molar-refractivity contribution is -0.167. The summed E-state index contributed by atoms with van der Waals surface area (Å²) in [5.74, 6) is -0.966. The normalized spacial score (nSPS) is 13.1. The van der Waals surface area contributed by atoms with E-state index in [-0.39, 0.29) is 37.5 Å². The third-order valence-electron chi connectivity index (χ3n) is 10.7. The molecule has 0 N–H and O–H groups in total. The number of carbonyl (C=O) groups is 3. The van der Waals surface area contributed by atoms with Gasteiger partial charge in [-0.2, -0.15) is 0 Å². The highest BCUT2D eigenvalue weighted by Crippen LogP contribution is 2.13. The lowest BCUT2D eigenvalue weighted by Gasteiger charge is -2.18. The third kappa shape index (κ3) is 50.8. The number of ether oxygens (including phenoxy) is 3. The molecule has 0 aromatic carbocycles. The zero-order valence-electron chi connectivity index (χ0n) is 42.4. The van der Waals surface area contributed by atoms with Crippen molar-refractivity contribution in [2.24, 2.45) is 0 Å². The van der Waals surface area contributed by atoms with Gasteiger partial charge in [-0.3, -0.25) is 14.4 Å². The molecule has 0 rings (SSSR count). The third-order valence-corrected chi connectivity index (χ3v) is 10.7. The quantitative estimate of drug-likeness (QED) is 0.0262. The molecule has 0 aromatic heterocycles. The average molecular weight is 913 g/mol. The molecule has 66 heavy (non-hydrogen) atoms. The van der Waals surface area contributed by atoms with Crippen molar-refractivity contribution in [1.82, 2.24) is 0 Å². The Morgan fingerprint density at radius 3 is 0.955 bits per heavy atom. The second-order valence-corrected chi connectivity index (χ2v) is 17.0. The van der Waals surface area contributed by atoms with E-state index in [0.29, 0.717) is 12.8 Å². The standard InChI is InChI=1S/C60H96O6/c1-4-7-10-13-16-19-22-24-25-26-27-28-29-30-31-32-33-34-35-37-38-41-44-47-50-53-59(62)65-56-57(55-64-58(61)52-49-46-43-40-21-18-15-12-9-6-3)66-60(63)54-51-48-45-42-39-36-23-20-17-14-11-8-5-2/h7-8,10-12,15-17,19-20,24-25,27-28,30-31,33-34,36,39,57H,4-6,9,13-14,18,21-23,26,29,32,35,37-38,40-56H2,1-3H3/b10-7-,11-8-,15-12-,19-16-,20-17-,25-24-,28-27-,31-30-,34-33-,39-36-. The first kappa shape index (κ1) is 61.8. The van der Waals surface area contributed by atoms with Gasteiger partial charge in [0, 0.05) is 19.3 Å². The average Bonchev–Trinajstić information content (AvgIpc) is 3.31. The van der Waals surface area contributed by atoms with E-state index >= 15 is 0 Å². The van der Waals surface area contributed by atoms with Gasteiger partial charge in [-0.25, -0.2) is 0 Å². The molecule has 0 heterocycles. The fourth-order valence-corrected chi connectivity index (χ4v) is 6.75. The van der Waals surface area contributed by atoms with Crippen LogP contribution in [0.4, 0.5) is 0 Å². The molecular weight excluding hydrogens is 817 g/mol. The Hall–Kier alpha value is -4.19. The van der Waals surface area contributed by atoms with Crippen molar-refractivity contribution in [1.29, 1.82) is 0 Å². The summed E-state index contributed by atoms with van der Waals surface area (Å²) in [6.45, 7) is 6.28. The van der Waals surface area contributed by atoms with Crippen molar-refractivity contribution < 1.29 is 28.6 Å². The van der Waals surface area contributed by atoms with Gasteiger partial charge in [0.15, 0.2) is 6.10 Å². The molecule has 0 bridgehead atoms. The molecule has 0 saturated carbocycles. The summed E-state index contributed by atoms with van der Waals surface area (Å²) >= 11 is 0. The molecule has 0 spiro atoms. The number of rotatable bonds is 46. The molecule has 6 nitrogen and oxygen atoms in total. The summed E-state index contributed by atoms with van der Waals surface area (Å²) in [7, 11) is 0. The van der Waals surface area contributed by atoms with E-state index in [9.17, 15) is 14.4 Å². The number of carbonyl (C=O) groups excluding carboxylic acids is 3. The van der Waals surface area contributed by atoms with Crippen LogP contribution in [0.3, 0.4) is 0 Å². The predicted molar refractivity (Wildman–Crippen MR) is 283 cm³/mol. The van der Waals surface area contributed by atoms with Gasteiger partial charge >= 0.3 is 17.9 Å². The van der Waals surface area contributed by atoms with Gasteiger partial charge in [-0.05, 0) is 122 Å². The van der Waals surface area contributed by atoms with Gasteiger partial charge in [0.05, 0.1) is 0 Å². The second-order valence-electron chi connectivity index (χ2n) is 17.0. The molecule has 0 radical (unpaired) electrons. The van der Waals surface area contributed by atoms with Crippen LogP contribution in [0, 0.1) is 0 Å². The highest BCUT2D eigenvalue weighted by Gasteiger charge is 2.19. The van der Waals surface area contributed by atoms with E-state index in [1.807, 2.05) is 0 Å². The first-order valence-corrected chi connectivity index (χ1v) is 26.5. The number of unbranched alkanes of at least 4 members (excludes halogenated alkanes) is 15. The minimum atomic E-state index is -0.805. The van der Waals surface area contributed by atoms with Crippen molar-refractivity contribution in [2.75, 3.05) is 13.2 Å². The fraction of sp³-hybridized carbons (Fsp3) is 0.617. The van der Waals surface area contributed by atoms with Crippen molar-refractivity contribution in [2.45, 2.75) is 226 Å².